The molecule has 0 aliphatic heterocycles. The molecule has 1 aromatic heterocycles. The molecule has 0 spiro atoms. The SMILES string of the molecule is Cc1ccc(O)c(CNCC2CCCCC2CO)n1. The topological polar surface area (TPSA) is 65.4 Å². The van der Waals surface area contributed by atoms with Crippen LogP contribution >= 0.6 is 0 Å². The monoisotopic (exact) mass is 264 g/mol. The molecule has 3 N–H and O–H groups in total. The van der Waals surface area contributed by atoms with E-state index in [4.69, 9.17) is 0 Å². The van der Waals surface area contributed by atoms with Crippen LogP contribution in [-0.4, -0.2) is 28.3 Å². The van der Waals surface area contributed by atoms with E-state index in [0.29, 0.717) is 30.7 Å². The van der Waals surface area contributed by atoms with Gasteiger partial charge in [0.2, 0.25) is 0 Å². The lowest BCUT2D eigenvalue weighted by Gasteiger charge is -2.30. The number of hydrogen-bond acceptors (Lipinski definition) is 4. The summed E-state index contributed by atoms with van der Waals surface area (Å²) in [6, 6.07) is 3.50. The van der Waals surface area contributed by atoms with Crippen molar-refractivity contribution in [3.05, 3.63) is 23.5 Å². The lowest BCUT2D eigenvalue weighted by Crippen LogP contribution is -2.32. The summed E-state index contributed by atoms with van der Waals surface area (Å²) in [6.45, 7) is 3.69. The van der Waals surface area contributed by atoms with Crippen molar-refractivity contribution in [2.75, 3.05) is 13.2 Å². The van der Waals surface area contributed by atoms with Gasteiger partial charge in [-0.25, -0.2) is 0 Å². The highest BCUT2D eigenvalue weighted by Gasteiger charge is 2.23. The Morgan fingerprint density at radius 1 is 1.26 bits per heavy atom. The van der Waals surface area contributed by atoms with Crippen LogP contribution in [0.2, 0.25) is 0 Å². The zero-order chi connectivity index (χ0) is 13.7. The van der Waals surface area contributed by atoms with E-state index in [1.54, 1.807) is 6.07 Å². The third kappa shape index (κ3) is 3.91. The number of nitrogens with zero attached hydrogens (tertiary/aromatic N) is 1. The Morgan fingerprint density at radius 3 is 2.74 bits per heavy atom. The molecule has 1 aliphatic rings. The Labute approximate surface area is 114 Å². The van der Waals surface area contributed by atoms with Crippen molar-refractivity contribution < 1.29 is 10.2 Å². The number of pyridine rings is 1. The molecule has 0 radical (unpaired) electrons. The van der Waals surface area contributed by atoms with Gasteiger partial charge in [-0.2, -0.15) is 0 Å². The van der Waals surface area contributed by atoms with Gasteiger partial charge in [0.25, 0.3) is 0 Å². The normalized spacial score (nSPS) is 23.5. The molecule has 2 atom stereocenters. The fourth-order valence-corrected chi connectivity index (χ4v) is 2.90. The van der Waals surface area contributed by atoms with Crippen LogP contribution < -0.4 is 5.32 Å². The molecule has 0 amide bonds. The molecule has 106 valence electrons. The smallest absolute Gasteiger partial charge is 0.138 e. The number of aryl methyl sites for hydroxylation is 1. The molecule has 1 saturated carbocycles. The molecule has 1 aromatic rings. The minimum Gasteiger partial charge on any atom is -0.506 e. The zero-order valence-electron chi connectivity index (χ0n) is 11.6. The van der Waals surface area contributed by atoms with Gasteiger partial charge in [0, 0.05) is 18.8 Å². The lowest BCUT2D eigenvalue weighted by molar-refractivity contribution is 0.133. The maximum absolute atomic E-state index is 9.73. The van der Waals surface area contributed by atoms with E-state index in [0.717, 1.165) is 18.7 Å². The third-order valence-corrected chi connectivity index (χ3v) is 4.09. The molecule has 4 heteroatoms. The fraction of sp³-hybridized carbons (Fsp3) is 0.667. The molecule has 0 saturated heterocycles. The summed E-state index contributed by atoms with van der Waals surface area (Å²) in [6.07, 6.45) is 4.82. The summed E-state index contributed by atoms with van der Waals surface area (Å²) >= 11 is 0. The van der Waals surface area contributed by atoms with Crippen molar-refractivity contribution in [1.82, 2.24) is 10.3 Å². The van der Waals surface area contributed by atoms with E-state index >= 15 is 0 Å². The van der Waals surface area contributed by atoms with Crippen molar-refractivity contribution in [2.45, 2.75) is 39.2 Å². The average molecular weight is 264 g/mol. The standard InChI is InChI=1S/C15H24N2O2/c1-11-6-7-15(19)14(17-11)9-16-8-12-4-2-3-5-13(12)10-18/h6-7,12-13,16,18-19H,2-5,8-10H2,1H3. The van der Waals surface area contributed by atoms with Crippen molar-refractivity contribution >= 4 is 0 Å². The lowest BCUT2D eigenvalue weighted by atomic mass is 9.79. The first-order chi connectivity index (χ1) is 9.20. The van der Waals surface area contributed by atoms with E-state index < -0.39 is 0 Å². The Balaban J connectivity index is 1.83. The number of nitrogens with one attached hydrogen (secondary N) is 1. The van der Waals surface area contributed by atoms with Gasteiger partial charge in [-0.05, 0) is 50.3 Å². The van der Waals surface area contributed by atoms with Crippen molar-refractivity contribution in [3.8, 4) is 5.75 Å². The molecule has 2 rings (SSSR count). The summed E-state index contributed by atoms with van der Waals surface area (Å²) < 4.78 is 0. The van der Waals surface area contributed by atoms with Crippen LogP contribution in [0.5, 0.6) is 5.75 Å². The first kappa shape index (κ1) is 14.3. The second-order valence-corrected chi connectivity index (χ2v) is 5.54. The van der Waals surface area contributed by atoms with Gasteiger partial charge in [0.1, 0.15) is 5.75 Å². The second kappa shape index (κ2) is 6.87. The fourth-order valence-electron chi connectivity index (χ4n) is 2.90. The molecule has 0 bridgehead atoms. The van der Waals surface area contributed by atoms with Gasteiger partial charge in [0.05, 0.1) is 5.69 Å². The van der Waals surface area contributed by atoms with E-state index in [-0.39, 0.29) is 5.75 Å². The minimum absolute atomic E-state index is 0.250. The van der Waals surface area contributed by atoms with Crippen LogP contribution in [0.15, 0.2) is 12.1 Å². The summed E-state index contributed by atoms with van der Waals surface area (Å²) in [7, 11) is 0. The third-order valence-electron chi connectivity index (χ3n) is 4.09. The van der Waals surface area contributed by atoms with E-state index in [9.17, 15) is 10.2 Å². The van der Waals surface area contributed by atoms with Gasteiger partial charge < -0.3 is 15.5 Å². The predicted octanol–water partition coefficient (Wildman–Crippen LogP) is 1.98. The number of hydrogen-bond donors (Lipinski definition) is 3. The van der Waals surface area contributed by atoms with Crippen LogP contribution in [0, 0.1) is 18.8 Å². The molecule has 19 heavy (non-hydrogen) atoms. The number of rotatable bonds is 5. The molecule has 1 aliphatic carbocycles. The number of aliphatic hydroxyl groups excluding tert-OH is 1. The highest BCUT2D eigenvalue weighted by Crippen LogP contribution is 2.29. The molecule has 4 nitrogen and oxygen atoms in total. The molecule has 1 fully saturated rings. The van der Waals surface area contributed by atoms with E-state index in [1.807, 2.05) is 13.0 Å². The summed E-state index contributed by atoms with van der Waals surface area (Å²) in [4.78, 5) is 4.33. The van der Waals surface area contributed by atoms with Gasteiger partial charge >= 0.3 is 0 Å². The molecular weight excluding hydrogens is 240 g/mol. The van der Waals surface area contributed by atoms with Crippen molar-refractivity contribution in [3.63, 3.8) is 0 Å². The Morgan fingerprint density at radius 2 is 2.00 bits per heavy atom. The number of aromatic nitrogens is 1. The Hall–Kier alpha value is -1.13. The first-order valence-electron chi connectivity index (χ1n) is 7.17. The minimum atomic E-state index is 0.250. The van der Waals surface area contributed by atoms with Crippen LogP contribution in [0.25, 0.3) is 0 Å². The maximum atomic E-state index is 9.73. The van der Waals surface area contributed by atoms with Crippen molar-refractivity contribution in [2.24, 2.45) is 11.8 Å². The van der Waals surface area contributed by atoms with Crippen LogP contribution in [0.3, 0.4) is 0 Å². The first-order valence-corrected chi connectivity index (χ1v) is 7.17. The van der Waals surface area contributed by atoms with Gasteiger partial charge in [-0.3, -0.25) is 4.98 Å². The van der Waals surface area contributed by atoms with Crippen LogP contribution in [-0.2, 0) is 6.54 Å². The van der Waals surface area contributed by atoms with Gasteiger partial charge in [-0.15, -0.1) is 0 Å². The van der Waals surface area contributed by atoms with Gasteiger partial charge in [-0.1, -0.05) is 12.8 Å². The van der Waals surface area contributed by atoms with Crippen LogP contribution in [0.4, 0.5) is 0 Å². The summed E-state index contributed by atoms with van der Waals surface area (Å²) in [5, 5.41) is 22.5. The largest absolute Gasteiger partial charge is 0.506 e. The summed E-state index contributed by atoms with van der Waals surface area (Å²) in [5.74, 6) is 1.23. The Kier molecular flexibility index (Phi) is 5.16. The zero-order valence-corrected chi connectivity index (χ0v) is 11.6. The molecular formula is C15H24N2O2. The summed E-state index contributed by atoms with van der Waals surface area (Å²) in [5.41, 5.74) is 1.62. The highest BCUT2D eigenvalue weighted by molar-refractivity contribution is 5.27. The van der Waals surface area contributed by atoms with E-state index in [2.05, 4.69) is 10.3 Å². The quantitative estimate of drug-likeness (QED) is 0.761. The number of aliphatic hydroxyl groups is 1. The van der Waals surface area contributed by atoms with Crippen LogP contribution in [0.1, 0.15) is 37.1 Å². The van der Waals surface area contributed by atoms with Gasteiger partial charge in [0.15, 0.2) is 0 Å². The highest BCUT2D eigenvalue weighted by atomic mass is 16.3. The Bertz CT molecular complexity index is 409. The maximum Gasteiger partial charge on any atom is 0.138 e. The molecule has 2 unspecified atom stereocenters. The average Bonchev–Trinajstić information content (AvgIpc) is 2.43. The van der Waals surface area contributed by atoms with E-state index in [1.165, 1.54) is 19.3 Å². The second-order valence-electron chi connectivity index (χ2n) is 5.54. The predicted molar refractivity (Wildman–Crippen MR) is 74.9 cm³/mol. The molecule has 1 heterocycles. The molecule has 0 aromatic carbocycles. The number of aromatic hydroxyl groups is 1. The van der Waals surface area contributed by atoms with Crippen molar-refractivity contribution in [1.29, 1.82) is 0 Å².